The molecule has 0 aliphatic heterocycles. The Morgan fingerprint density at radius 2 is 1.48 bits per heavy atom. The molecule has 0 saturated heterocycles. The molecule has 0 heterocycles. The molecule has 2 aromatic rings. The maximum atomic E-state index is 13.5. The van der Waals surface area contributed by atoms with Crippen LogP contribution in [0.25, 0.3) is 11.1 Å². The van der Waals surface area contributed by atoms with Gasteiger partial charge < -0.3 is 23.9 Å². The second kappa shape index (κ2) is 17.8. The predicted octanol–water partition coefficient (Wildman–Crippen LogP) is 3.00. The van der Waals surface area contributed by atoms with Gasteiger partial charge in [0.2, 0.25) is 0 Å². The summed E-state index contributed by atoms with van der Waals surface area (Å²) in [6.07, 6.45) is 1.54. The van der Waals surface area contributed by atoms with Crippen LogP contribution in [0.3, 0.4) is 0 Å². The lowest BCUT2D eigenvalue weighted by atomic mass is 9.95. The number of rotatable bonds is 18. The molecule has 0 unspecified atom stereocenters. The number of carbonyl (C=O) groups is 2. The Morgan fingerprint density at radius 3 is 2.07 bits per heavy atom. The predicted molar refractivity (Wildman–Crippen MR) is 155 cm³/mol. The molecule has 42 heavy (non-hydrogen) atoms. The smallest absolute Gasteiger partial charge is 0.456 e. The fourth-order valence-corrected chi connectivity index (χ4v) is 4.67. The van der Waals surface area contributed by atoms with Crippen molar-refractivity contribution < 1.29 is 47.0 Å². The minimum Gasteiger partial charge on any atom is -0.456 e. The average molecular weight is 608 g/mol. The summed E-state index contributed by atoms with van der Waals surface area (Å²) in [5.74, 6) is -0.608. The number of nitrogens with one attached hydrogen (secondary N) is 1. The Labute approximate surface area is 246 Å². The molecule has 0 saturated carbocycles. The molecule has 230 valence electrons. The quantitative estimate of drug-likeness (QED) is 0.0668. The van der Waals surface area contributed by atoms with Crippen LogP contribution in [0.5, 0.6) is 0 Å². The van der Waals surface area contributed by atoms with Crippen LogP contribution >= 0.6 is 0 Å². The Bertz CT molecular complexity index is 1290. The number of ether oxygens (including phenoxy) is 3. The van der Waals surface area contributed by atoms with Crippen LogP contribution in [0.1, 0.15) is 44.2 Å². The standard InChI is InChI=1S/C29H38N2O10S/c1-4-30(5-2)18-21-38-28(32)27(24-12-8-6-9-13-24)26(23-14-16-25(17-15-23)42(3,36)37)22-40-29(33)39-19-10-7-11-20-41-31(34)35/h6,8-9,12-17H,4-5,7,10-11,18-22H2,1-3H3/p+1/b27-26+. The number of hydrogen-bond donors (Lipinski definition) is 1. The topological polar surface area (TPSA) is 153 Å². The number of benzene rings is 2. The summed E-state index contributed by atoms with van der Waals surface area (Å²) in [4.78, 5) is 41.7. The molecule has 2 aromatic carbocycles. The Hall–Kier alpha value is -3.97. The van der Waals surface area contributed by atoms with Gasteiger partial charge in [-0.15, -0.1) is 10.1 Å². The summed E-state index contributed by atoms with van der Waals surface area (Å²) >= 11 is 0. The zero-order valence-electron chi connectivity index (χ0n) is 24.2. The zero-order chi connectivity index (χ0) is 31.0. The number of quaternary nitrogens is 1. The van der Waals surface area contributed by atoms with Crippen LogP contribution in [0.4, 0.5) is 4.79 Å². The van der Waals surface area contributed by atoms with Gasteiger partial charge in [-0.2, -0.15) is 0 Å². The number of sulfone groups is 1. The second-order valence-corrected chi connectivity index (χ2v) is 11.4. The number of hydrogen-bond acceptors (Lipinski definition) is 10. The van der Waals surface area contributed by atoms with E-state index in [4.69, 9.17) is 14.2 Å². The minimum atomic E-state index is -3.46. The van der Waals surface area contributed by atoms with Gasteiger partial charge in [0.1, 0.15) is 19.8 Å². The van der Waals surface area contributed by atoms with E-state index in [1.165, 1.54) is 17.0 Å². The van der Waals surface area contributed by atoms with Crippen molar-refractivity contribution in [2.24, 2.45) is 0 Å². The number of nitrogens with zero attached hydrogens (tertiary/aromatic N) is 1. The van der Waals surface area contributed by atoms with Crippen LogP contribution in [0.15, 0.2) is 59.5 Å². The van der Waals surface area contributed by atoms with Crippen molar-refractivity contribution in [1.82, 2.24) is 0 Å². The van der Waals surface area contributed by atoms with Crippen LogP contribution < -0.4 is 4.90 Å². The molecule has 1 N–H and O–H groups in total. The van der Waals surface area contributed by atoms with Gasteiger partial charge in [0, 0.05) is 11.8 Å². The molecule has 0 aliphatic carbocycles. The SMILES string of the molecule is CC[NH+](CC)CCOC(=O)/C(=C(\COC(=O)OCCCCCO[N+](=O)[O-])c1ccc(S(C)(=O)=O)cc1)c1ccccc1. The highest BCUT2D eigenvalue weighted by atomic mass is 32.2. The van der Waals surface area contributed by atoms with Gasteiger partial charge in [-0.25, -0.2) is 18.0 Å². The van der Waals surface area contributed by atoms with Gasteiger partial charge in [0.15, 0.2) is 9.84 Å². The lowest BCUT2D eigenvalue weighted by Crippen LogP contribution is -3.11. The third-order valence-electron chi connectivity index (χ3n) is 6.43. The van der Waals surface area contributed by atoms with Gasteiger partial charge in [-0.3, -0.25) is 0 Å². The third kappa shape index (κ3) is 11.9. The van der Waals surface area contributed by atoms with E-state index >= 15 is 0 Å². The van der Waals surface area contributed by atoms with Gasteiger partial charge >= 0.3 is 12.1 Å². The van der Waals surface area contributed by atoms with Crippen molar-refractivity contribution in [2.45, 2.75) is 38.0 Å². The van der Waals surface area contributed by atoms with Crippen LogP contribution in [-0.2, 0) is 33.7 Å². The van der Waals surface area contributed by atoms with Gasteiger partial charge in [0.05, 0.1) is 36.8 Å². The van der Waals surface area contributed by atoms with Crippen LogP contribution in [-0.4, -0.2) is 77.9 Å². The molecule has 0 amide bonds. The molecule has 12 nitrogen and oxygen atoms in total. The monoisotopic (exact) mass is 607 g/mol. The first kappa shape index (κ1) is 34.2. The molecule has 0 spiro atoms. The first-order chi connectivity index (χ1) is 20.1. The normalized spacial score (nSPS) is 11.9. The van der Waals surface area contributed by atoms with Gasteiger partial charge in [0.25, 0.3) is 5.09 Å². The van der Waals surface area contributed by atoms with Crippen LogP contribution in [0, 0.1) is 10.1 Å². The van der Waals surface area contributed by atoms with E-state index in [2.05, 4.69) is 18.7 Å². The Balaban J connectivity index is 2.30. The highest BCUT2D eigenvalue weighted by molar-refractivity contribution is 7.90. The summed E-state index contributed by atoms with van der Waals surface area (Å²) in [6, 6.07) is 14.7. The first-order valence-corrected chi connectivity index (χ1v) is 15.6. The molecular formula is C29H39N2O10S+. The van der Waals surface area contributed by atoms with Crippen molar-refractivity contribution in [3.63, 3.8) is 0 Å². The van der Waals surface area contributed by atoms with Gasteiger partial charge in [-0.05, 0) is 56.4 Å². The highest BCUT2D eigenvalue weighted by Gasteiger charge is 2.23. The lowest BCUT2D eigenvalue weighted by molar-refractivity contribution is -0.896. The number of carbonyl (C=O) groups excluding carboxylic acids is 2. The molecule has 0 atom stereocenters. The summed E-state index contributed by atoms with van der Waals surface area (Å²) in [7, 11) is -3.46. The maximum Gasteiger partial charge on any atom is 0.508 e. The average Bonchev–Trinajstić information content (AvgIpc) is 2.96. The fraction of sp³-hybridized carbons (Fsp3) is 0.448. The van der Waals surface area contributed by atoms with E-state index in [1.54, 1.807) is 42.5 Å². The minimum absolute atomic E-state index is 0.0284. The van der Waals surface area contributed by atoms with E-state index in [-0.39, 0.29) is 36.9 Å². The molecule has 0 aliphatic rings. The van der Waals surface area contributed by atoms with Crippen LogP contribution in [0.2, 0.25) is 0 Å². The molecule has 13 heteroatoms. The largest absolute Gasteiger partial charge is 0.508 e. The zero-order valence-corrected chi connectivity index (χ0v) is 25.0. The number of unbranched alkanes of at least 4 members (excludes halogenated alkanes) is 2. The molecule has 0 bridgehead atoms. The second-order valence-electron chi connectivity index (χ2n) is 9.36. The van der Waals surface area contributed by atoms with E-state index in [1.807, 2.05) is 0 Å². The first-order valence-electron chi connectivity index (χ1n) is 13.7. The Kier molecular flexibility index (Phi) is 14.5. The fourth-order valence-electron chi connectivity index (χ4n) is 4.04. The number of esters is 1. The summed E-state index contributed by atoms with van der Waals surface area (Å²) in [6.45, 7) is 6.31. The van der Waals surface area contributed by atoms with Gasteiger partial charge in [-0.1, -0.05) is 42.5 Å². The van der Waals surface area contributed by atoms with E-state index in [0.717, 1.165) is 19.3 Å². The Morgan fingerprint density at radius 1 is 0.833 bits per heavy atom. The third-order valence-corrected chi connectivity index (χ3v) is 7.56. The van der Waals surface area contributed by atoms with Crippen molar-refractivity contribution in [3.05, 3.63) is 75.8 Å². The van der Waals surface area contributed by atoms with Crippen molar-refractivity contribution in [2.75, 3.05) is 52.3 Å². The maximum absolute atomic E-state index is 13.5. The summed E-state index contributed by atoms with van der Waals surface area (Å²) < 4.78 is 40.2. The lowest BCUT2D eigenvalue weighted by Gasteiger charge is -2.18. The molecular weight excluding hydrogens is 568 g/mol. The summed E-state index contributed by atoms with van der Waals surface area (Å²) in [5, 5.41) is 9.33. The van der Waals surface area contributed by atoms with E-state index in [0.29, 0.717) is 42.5 Å². The molecule has 2 rings (SSSR count). The molecule has 0 radical (unpaired) electrons. The molecule has 0 fully saturated rings. The van der Waals surface area contributed by atoms with Crippen molar-refractivity contribution in [1.29, 1.82) is 0 Å². The van der Waals surface area contributed by atoms with Crippen molar-refractivity contribution in [3.8, 4) is 0 Å². The summed E-state index contributed by atoms with van der Waals surface area (Å²) in [5.41, 5.74) is 1.49. The van der Waals surface area contributed by atoms with E-state index < -0.39 is 27.0 Å². The number of likely N-dealkylation sites (N-methyl/N-ethyl adjacent to an activating group) is 1. The van der Waals surface area contributed by atoms with E-state index in [9.17, 15) is 28.1 Å². The van der Waals surface area contributed by atoms with Crippen molar-refractivity contribution >= 4 is 33.1 Å². The highest BCUT2D eigenvalue weighted by Crippen LogP contribution is 2.29. The molecule has 0 aromatic heterocycles.